The van der Waals surface area contributed by atoms with E-state index >= 15 is 0 Å². The normalized spacial score (nSPS) is 34.9. The first-order valence-electron chi connectivity index (χ1n) is 12.8. The summed E-state index contributed by atoms with van der Waals surface area (Å²) in [5, 5.41) is 31.4. The number of nitrogens with two attached hydrogens (primary N) is 1. The van der Waals surface area contributed by atoms with E-state index < -0.39 is 95.9 Å². The molecule has 22 heteroatoms. The number of rotatable bonds is 11. The molecule has 2 aromatic heterocycles. The Kier molecular flexibility index (Phi) is 10.2. The number of aliphatic hydroxyl groups is 3. The molecule has 0 spiro atoms. The van der Waals surface area contributed by atoms with Crippen LogP contribution < -0.4 is 5.73 Å². The van der Waals surface area contributed by atoms with Gasteiger partial charge in [0, 0.05) is 6.92 Å². The summed E-state index contributed by atoms with van der Waals surface area (Å²) in [6.45, 7) is 2.45. The first-order chi connectivity index (χ1) is 20.0. The lowest BCUT2D eigenvalue weighted by atomic mass is 9.82. The predicted octanol–water partition coefficient (Wildman–Crippen LogP) is -0.462. The number of halogens is 1. The van der Waals surface area contributed by atoms with Gasteiger partial charge in [-0.15, -0.1) is 0 Å². The van der Waals surface area contributed by atoms with E-state index in [4.69, 9.17) is 24.3 Å². The summed E-state index contributed by atoms with van der Waals surface area (Å²) >= 11 is 0. The highest BCUT2D eigenvalue weighted by molar-refractivity contribution is 7.61. The molecule has 12 atom stereocenters. The number of nitrogens with zero attached hydrogens (tertiary/aromatic N) is 4. The van der Waals surface area contributed by atoms with Crippen LogP contribution in [0.25, 0.3) is 11.2 Å². The molecule has 19 nitrogen and oxygen atoms in total. The minimum absolute atomic E-state index is 0.0443. The van der Waals surface area contributed by atoms with Gasteiger partial charge in [-0.3, -0.25) is 18.4 Å². The van der Waals surface area contributed by atoms with E-state index in [0.717, 1.165) is 13.3 Å². The number of hydrogen-bond acceptors (Lipinski definition) is 16. The van der Waals surface area contributed by atoms with Gasteiger partial charge in [0.15, 0.2) is 30.2 Å². The van der Waals surface area contributed by atoms with E-state index in [1.54, 1.807) is 0 Å². The predicted molar refractivity (Wildman–Crippen MR) is 138 cm³/mol. The molecule has 2 saturated heterocycles. The topological polar surface area (TPSA) is 277 Å². The van der Waals surface area contributed by atoms with Crippen molar-refractivity contribution in [3.8, 4) is 0 Å². The van der Waals surface area contributed by atoms with Crippen LogP contribution >= 0.6 is 15.6 Å². The number of imidazole rings is 1. The van der Waals surface area contributed by atoms with Gasteiger partial charge in [-0.2, -0.15) is 4.31 Å². The van der Waals surface area contributed by atoms with Crippen LogP contribution in [0.1, 0.15) is 27.0 Å². The van der Waals surface area contributed by atoms with Crippen molar-refractivity contribution in [1.82, 2.24) is 19.5 Å². The number of alkyl halides is 1. The molecule has 0 radical (unpaired) electrons. The second-order valence-corrected chi connectivity index (χ2v) is 13.0. The molecule has 242 valence electrons. The van der Waals surface area contributed by atoms with E-state index in [0.29, 0.717) is 0 Å². The van der Waals surface area contributed by atoms with Gasteiger partial charge >= 0.3 is 21.6 Å². The maximum Gasteiger partial charge on any atom is 0.483 e. The molecular formula is C21H32FN5O14P2. The Balaban J connectivity index is 1.37. The molecule has 7 N–H and O–H groups in total. The number of fused-ring (bicyclic) bond motifs is 1. The third-order valence-electron chi connectivity index (χ3n) is 7.10. The van der Waals surface area contributed by atoms with Gasteiger partial charge in [-0.1, -0.05) is 13.8 Å². The van der Waals surface area contributed by atoms with Crippen molar-refractivity contribution in [2.45, 2.75) is 70.0 Å². The number of carbonyl (C=O) groups is 1. The number of carbonyl (C=O) groups excluding carboxylic acids is 1. The second kappa shape index (κ2) is 13.0. The summed E-state index contributed by atoms with van der Waals surface area (Å²) < 4.78 is 70.3. The van der Waals surface area contributed by atoms with Crippen LogP contribution in [0.4, 0.5) is 10.2 Å². The number of esters is 1. The fourth-order valence-corrected chi connectivity index (χ4v) is 6.79. The smallest absolute Gasteiger partial charge is 0.463 e. The van der Waals surface area contributed by atoms with Gasteiger partial charge in [-0.05, 0) is 11.8 Å². The van der Waals surface area contributed by atoms with Gasteiger partial charge in [0.1, 0.15) is 42.9 Å². The molecular weight excluding hydrogens is 627 g/mol. The number of aliphatic hydroxyl groups excluding tert-OH is 3. The lowest BCUT2D eigenvalue weighted by molar-refractivity contribution is -0.256. The van der Waals surface area contributed by atoms with Gasteiger partial charge in [0.2, 0.25) is 0 Å². The summed E-state index contributed by atoms with van der Waals surface area (Å²) in [5.74, 6) is -2.15. The van der Waals surface area contributed by atoms with Gasteiger partial charge in [0.05, 0.1) is 19.0 Å². The molecule has 43 heavy (non-hydrogen) atoms. The Hall–Kier alpha value is -2.19. The number of nitrogen functional groups attached to an aromatic ring is 1. The molecule has 2 aromatic rings. The SMILES string of the molecule is CC(=O)OC[C@H](F)C1O[C@@H](OP(=O)(O)OP(=O)(O)OC[C@H]2O[C@@H](n3cnc4c(N)ncnc43)[C@@H](O)C2O)C(O)[C@@H](C)[C@@H]1C. The van der Waals surface area contributed by atoms with Crippen LogP contribution in [0.15, 0.2) is 12.7 Å². The summed E-state index contributed by atoms with van der Waals surface area (Å²) in [6.07, 6.45) is -10.5. The van der Waals surface area contributed by atoms with Crippen LogP contribution in [0.5, 0.6) is 0 Å². The fraction of sp³-hybridized carbons (Fsp3) is 0.714. The Morgan fingerprint density at radius 1 is 1.09 bits per heavy atom. The van der Waals surface area contributed by atoms with E-state index in [2.05, 4.69) is 24.0 Å². The van der Waals surface area contributed by atoms with Crippen molar-refractivity contribution in [3.63, 3.8) is 0 Å². The van der Waals surface area contributed by atoms with Crippen LogP contribution in [0.2, 0.25) is 0 Å². The van der Waals surface area contributed by atoms with Gasteiger partial charge < -0.3 is 45.1 Å². The van der Waals surface area contributed by atoms with Crippen molar-refractivity contribution >= 4 is 38.6 Å². The lowest BCUT2D eigenvalue weighted by Gasteiger charge is -2.43. The van der Waals surface area contributed by atoms with Gasteiger partial charge in [0.25, 0.3) is 0 Å². The molecule has 0 saturated carbocycles. The first kappa shape index (κ1) is 33.7. The largest absolute Gasteiger partial charge is 0.483 e. The van der Waals surface area contributed by atoms with Crippen molar-refractivity contribution in [1.29, 1.82) is 0 Å². The summed E-state index contributed by atoms with van der Waals surface area (Å²) in [7, 11) is -11.0. The van der Waals surface area contributed by atoms with Crippen LogP contribution in [0.3, 0.4) is 0 Å². The molecule has 0 aliphatic carbocycles. The Bertz CT molecular complexity index is 1400. The molecule has 0 aromatic carbocycles. The van der Waals surface area contributed by atoms with Crippen molar-refractivity contribution in [3.05, 3.63) is 12.7 Å². The average Bonchev–Trinajstić information content (AvgIpc) is 3.47. The average molecular weight is 659 g/mol. The standard InChI is InChI=1S/C21H32FN5O14P2/c1-8-9(2)17(11(22)4-36-10(3)28)39-21(14(8)29)40-43(34,35)41-42(32,33)37-5-12-15(30)16(31)20(38-12)27-7-26-13-18(23)24-6-25-19(13)27/h6-9,11-12,14-17,20-21,29-31H,4-5H2,1-3H3,(H,32,33)(H,34,35)(H2,23,24,25)/t8-,9-,11-,12+,14?,15?,16-,17?,20+,21-/m0/s1. The van der Waals surface area contributed by atoms with Crippen LogP contribution in [-0.2, 0) is 41.5 Å². The van der Waals surface area contributed by atoms with Crippen LogP contribution in [0, 0.1) is 11.8 Å². The first-order valence-corrected chi connectivity index (χ1v) is 15.8. The molecule has 0 bridgehead atoms. The van der Waals surface area contributed by atoms with Gasteiger partial charge in [-0.25, -0.2) is 28.5 Å². The quantitative estimate of drug-likeness (QED) is 0.131. The number of phosphoric acid groups is 2. The molecule has 0 amide bonds. The molecule has 5 unspecified atom stereocenters. The maximum absolute atomic E-state index is 14.7. The molecule has 4 heterocycles. The fourth-order valence-electron chi connectivity index (χ4n) is 4.64. The number of anilines is 1. The molecule has 2 aliphatic rings. The highest BCUT2D eigenvalue weighted by atomic mass is 31.3. The maximum atomic E-state index is 14.7. The molecule has 2 fully saturated rings. The Labute approximate surface area is 242 Å². The summed E-state index contributed by atoms with van der Waals surface area (Å²) in [6, 6.07) is 0. The van der Waals surface area contributed by atoms with E-state index in [-0.39, 0.29) is 17.0 Å². The Morgan fingerprint density at radius 3 is 2.47 bits per heavy atom. The second-order valence-electron chi connectivity index (χ2n) is 10.0. The zero-order chi connectivity index (χ0) is 31.9. The monoisotopic (exact) mass is 659 g/mol. The minimum atomic E-state index is -5.55. The minimum Gasteiger partial charge on any atom is -0.463 e. The van der Waals surface area contributed by atoms with Crippen LogP contribution in [-0.4, -0.2) is 107 Å². The third kappa shape index (κ3) is 7.55. The van der Waals surface area contributed by atoms with Crippen molar-refractivity contribution < 1.29 is 71.0 Å². The third-order valence-corrected chi connectivity index (χ3v) is 9.70. The van der Waals surface area contributed by atoms with E-state index in [9.17, 15) is 43.4 Å². The zero-order valence-corrected chi connectivity index (χ0v) is 24.7. The highest BCUT2D eigenvalue weighted by Gasteiger charge is 2.50. The highest BCUT2D eigenvalue weighted by Crippen LogP contribution is 2.61. The molecule has 2 aliphatic heterocycles. The van der Waals surface area contributed by atoms with Crippen molar-refractivity contribution in [2.24, 2.45) is 11.8 Å². The number of phosphoric ester groups is 2. The Morgan fingerprint density at radius 2 is 1.79 bits per heavy atom. The number of aromatic nitrogens is 4. The van der Waals surface area contributed by atoms with E-state index in [1.807, 2.05) is 0 Å². The van der Waals surface area contributed by atoms with E-state index in [1.165, 1.54) is 24.7 Å². The summed E-state index contributed by atoms with van der Waals surface area (Å²) in [4.78, 5) is 43.1. The summed E-state index contributed by atoms with van der Waals surface area (Å²) in [5.41, 5.74) is 6.09. The lowest BCUT2D eigenvalue weighted by Crippen LogP contribution is -2.53. The molecule has 4 rings (SSSR count). The zero-order valence-electron chi connectivity index (χ0n) is 22.9. The van der Waals surface area contributed by atoms with Crippen molar-refractivity contribution in [2.75, 3.05) is 18.9 Å². The number of ether oxygens (including phenoxy) is 3. The number of hydrogen-bond donors (Lipinski definition) is 6.